The quantitative estimate of drug-likeness (QED) is 0.315. The molecule has 0 atom stereocenters. The van der Waals surface area contributed by atoms with Gasteiger partial charge in [0.25, 0.3) is 5.56 Å². The maximum Gasteiger partial charge on any atom is 0.269 e. The van der Waals surface area contributed by atoms with Gasteiger partial charge < -0.3 is 4.90 Å². The van der Waals surface area contributed by atoms with E-state index in [1.807, 2.05) is 80.4 Å². The fourth-order valence-electron chi connectivity index (χ4n) is 4.82. The summed E-state index contributed by atoms with van der Waals surface area (Å²) in [6.45, 7) is 8.96. The van der Waals surface area contributed by atoms with Crippen molar-refractivity contribution in [2.45, 2.75) is 47.1 Å². The molecule has 5 rings (SSSR count). The molecule has 0 bridgehead atoms. The number of halogens is 1. The first-order chi connectivity index (χ1) is 20.0. The number of Topliss-reactive ketones (excluding diaryl/α,β-unsaturated/α-hetero) is 1. The third kappa shape index (κ3) is 6.66. The first-order valence-corrected chi connectivity index (χ1v) is 15.4. The van der Waals surface area contributed by atoms with Crippen molar-refractivity contribution in [3.63, 3.8) is 0 Å². The number of thiazole rings is 1. The third-order valence-corrected chi connectivity index (χ3v) is 8.80. The summed E-state index contributed by atoms with van der Waals surface area (Å²) >= 11 is 7.53. The zero-order valence-electron chi connectivity index (χ0n) is 24.3. The smallest absolute Gasteiger partial charge is 0.269 e. The van der Waals surface area contributed by atoms with E-state index in [0.717, 1.165) is 29.7 Å². The van der Waals surface area contributed by atoms with E-state index in [4.69, 9.17) is 16.7 Å². The zero-order valence-corrected chi connectivity index (χ0v) is 25.9. The van der Waals surface area contributed by atoms with E-state index in [1.165, 1.54) is 22.0 Å². The zero-order chi connectivity index (χ0) is 30.0. The molecule has 9 heteroatoms. The van der Waals surface area contributed by atoms with Crippen molar-refractivity contribution in [1.29, 1.82) is 0 Å². The molecule has 0 radical (unpaired) electrons. The highest BCUT2D eigenvalue weighted by Crippen LogP contribution is 2.26. The van der Waals surface area contributed by atoms with Gasteiger partial charge in [0.15, 0.2) is 5.78 Å². The Morgan fingerprint density at radius 1 is 1.07 bits per heavy atom. The third-order valence-electron chi connectivity index (χ3n) is 7.51. The number of carbonyl (C=O) groups excluding carboxylic acids is 2. The Balaban J connectivity index is 1.65. The number of aromatic nitrogens is 3. The Hall–Kier alpha value is -3.75. The largest absolute Gasteiger partial charge is 0.341 e. The van der Waals surface area contributed by atoms with E-state index in [2.05, 4.69) is 6.92 Å². The van der Waals surface area contributed by atoms with Crippen molar-refractivity contribution < 1.29 is 9.59 Å². The van der Waals surface area contributed by atoms with Crippen LogP contribution in [0.4, 0.5) is 0 Å². The van der Waals surface area contributed by atoms with Crippen molar-refractivity contribution in [3.8, 4) is 16.9 Å². The predicted molar refractivity (Wildman–Crippen MR) is 169 cm³/mol. The van der Waals surface area contributed by atoms with Crippen molar-refractivity contribution >= 4 is 46.8 Å². The van der Waals surface area contributed by atoms with Crippen LogP contribution < -0.4 is 14.8 Å². The lowest BCUT2D eigenvalue weighted by Crippen LogP contribution is -2.43. The molecule has 2 aromatic heterocycles. The minimum atomic E-state index is -0.627. The van der Waals surface area contributed by atoms with Crippen molar-refractivity contribution in [2.24, 2.45) is 11.3 Å². The van der Waals surface area contributed by atoms with Crippen molar-refractivity contribution in [1.82, 2.24) is 19.2 Å². The molecule has 218 valence electrons. The lowest BCUT2D eigenvalue weighted by molar-refractivity contribution is -0.133. The van der Waals surface area contributed by atoms with Gasteiger partial charge in [-0.25, -0.2) is 4.68 Å². The normalized spacial score (nSPS) is 15.4. The summed E-state index contributed by atoms with van der Waals surface area (Å²) < 4.78 is 4.09. The Morgan fingerprint density at radius 2 is 1.79 bits per heavy atom. The van der Waals surface area contributed by atoms with Gasteiger partial charge in [-0.05, 0) is 49.1 Å². The number of piperidine rings is 1. The van der Waals surface area contributed by atoms with Gasteiger partial charge in [-0.15, -0.1) is 11.3 Å². The topological polar surface area (TPSA) is 77.2 Å². The van der Waals surface area contributed by atoms with E-state index in [-0.39, 0.29) is 23.8 Å². The maximum atomic E-state index is 13.9. The molecule has 0 N–H and O–H groups in total. The predicted octanol–water partition coefficient (Wildman–Crippen LogP) is 4.90. The molecule has 7 nitrogen and oxygen atoms in total. The number of nitrogens with zero attached hydrogens (tertiary/aromatic N) is 4. The molecule has 0 unspecified atom stereocenters. The fraction of sp³-hybridized carbons (Fsp3) is 0.333. The van der Waals surface area contributed by atoms with Gasteiger partial charge in [-0.2, -0.15) is 5.10 Å². The molecule has 4 aromatic rings. The van der Waals surface area contributed by atoms with Crippen LogP contribution in [-0.4, -0.2) is 44.0 Å². The van der Waals surface area contributed by atoms with E-state index < -0.39 is 5.41 Å². The summed E-state index contributed by atoms with van der Waals surface area (Å²) in [4.78, 5) is 42.0. The Kier molecular flexibility index (Phi) is 8.66. The lowest BCUT2D eigenvalue weighted by Gasteiger charge is -2.30. The molecule has 1 fully saturated rings. The number of carbonyl (C=O) groups is 2. The molecule has 1 aliphatic heterocycles. The minimum absolute atomic E-state index is 0.106. The van der Waals surface area contributed by atoms with Gasteiger partial charge in [-0.3, -0.25) is 19.0 Å². The summed E-state index contributed by atoms with van der Waals surface area (Å²) in [5, 5.41) is 5.42. The van der Waals surface area contributed by atoms with Crippen LogP contribution in [0, 0.1) is 11.3 Å². The number of likely N-dealkylation sites (tertiary alicyclic amines) is 1. The summed E-state index contributed by atoms with van der Waals surface area (Å²) in [6, 6.07) is 17.1. The van der Waals surface area contributed by atoms with Crippen LogP contribution >= 0.6 is 22.9 Å². The standard InChI is InChI=1S/C33H35ClN4O3S/c1-22-13-15-36(16-14-22)29(40)21-37-30(19-28(39)33(2,3)4)42-27(32(37)41)18-24-20-38(26-11-6-5-7-12-26)35-31(24)23-9-8-10-25(34)17-23/h5-12,17-20,22H,13-16,21H2,1-4H3/b27-18+,30-19-. The molecule has 0 aliphatic carbocycles. The van der Waals surface area contributed by atoms with Gasteiger partial charge in [0.2, 0.25) is 5.91 Å². The van der Waals surface area contributed by atoms with Crippen LogP contribution in [0.2, 0.25) is 5.02 Å². The molecule has 1 amide bonds. The average molecular weight is 603 g/mol. The molecule has 1 saturated heterocycles. The second-order valence-corrected chi connectivity index (χ2v) is 13.4. The molecule has 1 aliphatic rings. The molecule has 42 heavy (non-hydrogen) atoms. The molecule has 0 spiro atoms. The Labute approximate surface area is 254 Å². The molecule has 3 heterocycles. The summed E-state index contributed by atoms with van der Waals surface area (Å²) in [5.41, 5.74) is 2.13. The van der Waals surface area contributed by atoms with Crippen LogP contribution in [0.5, 0.6) is 0 Å². The first-order valence-electron chi connectivity index (χ1n) is 14.2. The fourth-order valence-corrected chi connectivity index (χ4v) is 6.04. The highest BCUT2D eigenvalue weighted by molar-refractivity contribution is 7.07. The highest BCUT2D eigenvalue weighted by Gasteiger charge is 2.23. The first kappa shape index (κ1) is 29.7. The van der Waals surface area contributed by atoms with E-state index >= 15 is 0 Å². The number of rotatable bonds is 6. The van der Waals surface area contributed by atoms with Crippen LogP contribution in [0.25, 0.3) is 29.1 Å². The van der Waals surface area contributed by atoms with Crippen LogP contribution in [0.3, 0.4) is 0 Å². The van der Waals surface area contributed by atoms with E-state index in [1.54, 1.807) is 16.8 Å². The second kappa shape index (κ2) is 12.2. The van der Waals surface area contributed by atoms with E-state index in [9.17, 15) is 14.4 Å². The Bertz CT molecular complexity index is 1790. The molecule has 2 aromatic carbocycles. The molecular formula is C33H35ClN4O3S. The second-order valence-electron chi connectivity index (χ2n) is 11.9. The molecule has 0 saturated carbocycles. The molecular weight excluding hydrogens is 568 g/mol. The van der Waals surface area contributed by atoms with Crippen molar-refractivity contribution in [2.75, 3.05) is 13.1 Å². The summed E-state index contributed by atoms with van der Waals surface area (Å²) in [7, 11) is 0. The van der Waals surface area contributed by atoms with E-state index in [0.29, 0.717) is 38.9 Å². The van der Waals surface area contributed by atoms with Crippen molar-refractivity contribution in [3.05, 3.63) is 90.9 Å². The Morgan fingerprint density at radius 3 is 2.45 bits per heavy atom. The average Bonchev–Trinajstić information content (AvgIpc) is 3.50. The van der Waals surface area contributed by atoms with Gasteiger partial charge in [0.05, 0.1) is 10.2 Å². The number of hydrogen-bond donors (Lipinski definition) is 0. The summed E-state index contributed by atoms with van der Waals surface area (Å²) in [5.74, 6) is 0.362. The number of benzene rings is 2. The highest BCUT2D eigenvalue weighted by atomic mass is 35.5. The summed E-state index contributed by atoms with van der Waals surface area (Å²) in [6.07, 6.45) is 7.06. The minimum Gasteiger partial charge on any atom is -0.341 e. The lowest BCUT2D eigenvalue weighted by atomic mass is 9.91. The van der Waals surface area contributed by atoms with Gasteiger partial charge in [-0.1, -0.05) is 69.6 Å². The number of para-hydroxylation sites is 1. The monoisotopic (exact) mass is 602 g/mol. The van der Waals surface area contributed by atoms with Gasteiger partial charge >= 0.3 is 0 Å². The van der Waals surface area contributed by atoms with Gasteiger partial charge in [0, 0.05) is 46.9 Å². The number of ketones is 1. The SMILES string of the molecule is CC1CCN(C(=O)Cn2c(=O)/c(=C\c3cn(-c4ccccc4)nc3-c3cccc(Cl)c3)s/c2=C\C(=O)C(C)(C)C)CC1. The van der Waals surface area contributed by atoms with Crippen LogP contribution in [0.1, 0.15) is 46.1 Å². The maximum absolute atomic E-state index is 13.9. The van der Waals surface area contributed by atoms with Crippen LogP contribution in [0.15, 0.2) is 65.6 Å². The van der Waals surface area contributed by atoms with Crippen LogP contribution in [-0.2, 0) is 16.1 Å². The van der Waals surface area contributed by atoms with Gasteiger partial charge in [0.1, 0.15) is 16.9 Å². The number of hydrogen-bond acceptors (Lipinski definition) is 5. The number of amides is 1.